The molecule has 1 heterocycles. The summed E-state index contributed by atoms with van der Waals surface area (Å²) in [6.07, 6.45) is -1.17. The van der Waals surface area contributed by atoms with Crippen molar-refractivity contribution in [1.29, 1.82) is 0 Å². The number of nitrogens with one attached hydrogen (secondary N) is 1. The fraction of sp³-hybridized carbons (Fsp3) is 0.222. The van der Waals surface area contributed by atoms with Crippen LogP contribution in [0.5, 0.6) is 5.75 Å². The number of carbonyl (C=O) groups excluding carboxylic acids is 3. The van der Waals surface area contributed by atoms with Crippen molar-refractivity contribution >= 4 is 17.7 Å². The Labute approximate surface area is 208 Å². The number of ether oxygens (including phenoxy) is 1. The first-order valence-corrected chi connectivity index (χ1v) is 11.5. The van der Waals surface area contributed by atoms with E-state index in [-0.39, 0.29) is 25.2 Å². The summed E-state index contributed by atoms with van der Waals surface area (Å²) in [5, 5.41) is 2.84. The van der Waals surface area contributed by atoms with E-state index < -0.39 is 29.7 Å². The van der Waals surface area contributed by atoms with Gasteiger partial charge in [0.2, 0.25) is 0 Å². The van der Waals surface area contributed by atoms with Crippen LogP contribution in [-0.2, 0) is 17.9 Å². The Balaban J connectivity index is 1.59. The Hall–Kier alpha value is -4.24. The third-order valence-corrected chi connectivity index (χ3v) is 6.05. The maximum Gasteiger partial charge on any atom is 0.264 e. The number of hydrogen-bond acceptors (Lipinski definition) is 5. The van der Waals surface area contributed by atoms with Crippen LogP contribution in [0.1, 0.15) is 31.8 Å². The van der Waals surface area contributed by atoms with Crippen molar-refractivity contribution in [3.05, 3.63) is 101 Å². The second-order valence-electron chi connectivity index (χ2n) is 8.35. The number of methoxy groups -OCH3 is 1. The van der Waals surface area contributed by atoms with E-state index in [0.29, 0.717) is 17.9 Å². The molecule has 36 heavy (non-hydrogen) atoms. The van der Waals surface area contributed by atoms with E-state index in [1.807, 2.05) is 24.3 Å². The van der Waals surface area contributed by atoms with E-state index in [2.05, 4.69) is 5.32 Å². The van der Waals surface area contributed by atoms with Gasteiger partial charge in [-0.05, 0) is 59.7 Å². The number of halogens is 1. The zero-order valence-electron chi connectivity index (χ0n) is 19.8. The maximum absolute atomic E-state index is 13.4. The molecule has 4 rings (SSSR count). The highest BCUT2D eigenvalue weighted by atomic mass is 19.1. The first-order valence-electron chi connectivity index (χ1n) is 11.5. The van der Waals surface area contributed by atoms with Crippen molar-refractivity contribution < 1.29 is 23.5 Å². The molecule has 9 heteroatoms. The lowest BCUT2D eigenvalue weighted by molar-refractivity contribution is -0.128. The summed E-state index contributed by atoms with van der Waals surface area (Å²) in [6, 6.07) is 19.1. The van der Waals surface area contributed by atoms with Gasteiger partial charge in [-0.2, -0.15) is 0 Å². The van der Waals surface area contributed by atoms with Gasteiger partial charge in [-0.15, -0.1) is 0 Å². The SMILES string of the molecule is COc1ccc(C(=O)N2CCN(C(=O)c3ccc(F)cc3)C2C(=O)NCc2cccc(CN)c2)cc1. The van der Waals surface area contributed by atoms with Crippen LogP contribution in [0.25, 0.3) is 0 Å². The van der Waals surface area contributed by atoms with Gasteiger partial charge < -0.3 is 25.6 Å². The minimum absolute atomic E-state index is 0.152. The third kappa shape index (κ3) is 5.36. The lowest BCUT2D eigenvalue weighted by Crippen LogP contribution is -2.53. The molecule has 3 aromatic rings. The molecule has 3 aromatic carbocycles. The molecule has 0 aliphatic carbocycles. The van der Waals surface area contributed by atoms with Gasteiger partial charge in [-0.25, -0.2) is 4.39 Å². The second-order valence-corrected chi connectivity index (χ2v) is 8.35. The van der Waals surface area contributed by atoms with E-state index in [1.165, 1.54) is 41.2 Å². The number of hydrogen-bond donors (Lipinski definition) is 2. The van der Waals surface area contributed by atoms with Crippen LogP contribution in [0, 0.1) is 5.82 Å². The Kier molecular flexibility index (Phi) is 7.60. The summed E-state index contributed by atoms with van der Waals surface area (Å²) in [7, 11) is 1.53. The van der Waals surface area contributed by atoms with Gasteiger partial charge in [0.15, 0.2) is 6.17 Å². The zero-order chi connectivity index (χ0) is 25.7. The predicted octanol–water partition coefficient (Wildman–Crippen LogP) is 2.53. The molecule has 1 aliphatic heterocycles. The number of benzene rings is 3. The molecule has 1 unspecified atom stereocenters. The van der Waals surface area contributed by atoms with Crippen LogP contribution < -0.4 is 15.8 Å². The van der Waals surface area contributed by atoms with Crippen LogP contribution in [-0.4, -0.2) is 53.9 Å². The molecule has 186 valence electrons. The molecular formula is C27H27FN4O4. The molecule has 8 nitrogen and oxygen atoms in total. The van der Waals surface area contributed by atoms with Crippen molar-refractivity contribution in [1.82, 2.24) is 15.1 Å². The highest BCUT2D eigenvalue weighted by molar-refractivity contribution is 6.02. The van der Waals surface area contributed by atoms with E-state index in [0.717, 1.165) is 11.1 Å². The zero-order valence-corrected chi connectivity index (χ0v) is 19.8. The predicted molar refractivity (Wildman–Crippen MR) is 131 cm³/mol. The van der Waals surface area contributed by atoms with Crippen LogP contribution in [0.3, 0.4) is 0 Å². The summed E-state index contributed by atoms with van der Waals surface area (Å²) in [5.74, 6) is -1.24. The second kappa shape index (κ2) is 11.0. The molecule has 0 spiro atoms. The standard InChI is InChI=1S/C27H27FN4O4/c1-36-23-11-7-21(8-12-23)27(35)32-14-13-31(26(34)20-5-9-22(28)10-6-20)25(32)24(33)30-17-19-4-2-3-18(15-19)16-29/h2-12,15,25H,13-14,16-17,29H2,1H3,(H,30,33). The molecule has 0 radical (unpaired) electrons. The Morgan fingerprint density at radius 2 is 1.47 bits per heavy atom. The number of rotatable bonds is 7. The van der Waals surface area contributed by atoms with Gasteiger partial charge in [0, 0.05) is 37.3 Å². The smallest absolute Gasteiger partial charge is 0.264 e. The molecule has 1 aliphatic rings. The topological polar surface area (TPSA) is 105 Å². The molecule has 3 N–H and O–H groups in total. The summed E-state index contributed by atoms with van der Waals surface area (Å²) >= 11 is 0. The average molecular weight is 491 g/mol. The molecule has 0 saturated carbocycles. The van der Waals surface area contributed by atoms with Gasteiger partial charge in [-0.1, -0.05) is 24.3 Å². The molecular weight excluding hydrogens is 463 g/mol. The van der Waals surface area contributed by atoms with Crippen molar-refractivity contribution in [2.45, 2.75) is 19.3 Å². The lowest BCUT2D eigenvalue weighted by Gasteiger charge is -2.29. The van der Waals surface area contributed by atoms with E-state index >= 15 is 0 Å². The third-order valence-electron chi connectivity index (χ3n) is 6.05. The largest absolute Gasteiger partial charge is 0.497 e. The summed E-state index contributed by atoms with van der Waals surface area (Å²) in [6.45, 7) is 0.887. The summed E-state index contributed by atoms with van der Waals surface area (Å²) in [5.41, 5.74) is 8.06. The maximum atomic E-state index is 13.4. The monoisotopic (exact) mass is 490 g/mol. The van der Waals surface area contributed by atoms with E-state index in [9.17, 15) is 18.8 Å². The van der Waals surface area contributed by atoms with E-state index in [1.54, 1.807) is 24.3 Å². The van der Waals surface area contributed by atoms with Crippen molar-refractivity contribution in [3.8, 4) is 5.75 Å². The molecule has 3 amide bonds. The Morgan fingerprint density at radius 3 is 2.03 bits per heavy atom. The first-order chi connectivity index (χ1) is 17.4. The normalized spacial score (nSPS) is 15.0. The minimum Gasteiger partial charge on any atom is -0.497 e. The van der Waals surface area contributed by atoms with Crippen LogP contribution in [0.4, 0.5) is 4.39 Å². The molecule has 0 bridgehead atoms. The van der Waals surface area contributed by atoms with Crippen LogP contribution in [0.15, 0.2) is 72.8 Å². The van der Waals surface area contributed by atoms with Gasteiger partial charge in [0.25, 0.3) is 17.7 Å². The average Bonchev–Trinajstić information content (AvgIpc) is 3.37. The van der Waals surface area contributed by atoms with Crippen LogP contribution >= 0.6 is 0 Å². The number of nitrogens with two attached hydrogens (primary N) is 1. The fourth-order valence-electron chi connectivity index (χ4n) is 4.14. The number of nitrogens with zero attached hydrogens (tertiary/aromatic N) is 2. The van der Waals surface area contributed by atoms with Gasteiger partial charge in [-0.3, -0.25) is 14.4 Å². The minimum atomic E-state index is -1.17. The Bertz CT molecular complexity index is 1250. The van der Waals surface area contributed by atoms with Crippen molar-refractivity contribution in [2.24, 2.45) is 5.73 Å². The quantitative estimate of drug-likeness (QED) is 0.530. The summed E-state index contributed by atoms with van der Waals surface area (Å²) in [4.78, 5) is 42.8. The molecule has 1 saturated heterocycles. The molecule has 0 aromatic heterocycles. The first kappa shape index (κ1) is 24.9. The van der Waals surface area contributed by atoms with E-state index in [4.69, 9.17) is 10.5 Å². The Morgan fingerprint density at radius 1 is 0.917 bits per heavy atom. The summed E-state index contributed by atoms with van der Waals surface area (Å²) < 4.78 is 18.6. The van der Waals surface area contributed by atoms with Crippen molar-refractivity contribution in [2.75, 3.05) is 20.2 Å². The van der Waals surface area contributed by atoms with Gasteiger partial charge in [0.1, 0.15) is 11.6 Å². The van der Waals surface area contributed by atoms with Gasteiger partial charge in [0.05, 0.1) is 7.11 Å². The molecule has 1 atom stereocenters. The fourth-order valence-corrected chi connectivity index (χ4v) is 4.14. The van der Waals surface area contributed by atoms with Crippen molar-refractivity contribution in [3.63, 3.8) is 0 Å². The highest BCUT2D eigenvalue weighted by Gasteiger charge is 2.43. The number of amides is 3. The lowest BCUT2D eigenvalue weighted by atomic mass is 10.1. The van der Waals surface area contributed by atoms with Gasteiger partial charge >= 0.3 is 0 Å². The number of carbonyl (C=O) groups is 3. The highest BCUT2D eigenvalue weighted by Crippen LogP contribution is 2.22. The van der Waals surface area contributed by atoms with Crippen LogP contribution in [0.2, 0.25) is 0 Å². The molecule has 1 fully saturated rings.